The monoisotopic (exact) mass is 598 g/mol. The van der Waals surface area contributed by atoms with Crippen molar-refractivity contribution in [2.45, 2.75) is 50.0 Å². The molecular formula is C30H39ClN6O3S. The number of nitrogens with one attached hydrogen (secondary N) is 2. The van der Waals surface area contributed by atoms with Crippen LogP contribution in [-0.2, 0) is 22.9 Å². The number of nitrogens with zero attached hydrogens (tertiary/aromatic N) is 4. The maximum Gasteiger partial charge on any atom is 0.242 e. The van der Waals surface area contributed by atoms with Crippen molar-refractivity contribution in [1.82, 2.24) is 24.5 Å². The van der Waals surface area contributed by atoms with Gasteiger partial charge in [0.1, 0.15) is 21.5 Å². The van der Waals surface area contributed by atoms with Crippen molar-refractivity contribution in [1.29, 1.82) is 0 Å². The first-order valence-corrected chi connectivity index (χ1v) is 16.2. The van der Waals surface area contributed by atoms with Gasteiger partial charge in [0.2, 0.25) is 10.0 Å². The fourth-order valence-corrected chi connectivity index (χ4v) is 6.64. The molecule has 5 rings (SSSR count). The van der Waals surface area contributed by atoms with Crippen molar-refractivity contribution in [2.24, 2.45) is 0 Å². The zero-order valence-corrected chi connectivity index (χ0v) is 25.3. The van der Waals surface area contributed by atoms with Crippen LogP contribution >= 0.6 is 11.6 Å². The molecule has 9 nitrogen and oxygen atoms in total. The molecule has 2 aromatic carbocycles. The van der Waals surface area contributed by atoms with Gasteiger partial charge in [-0.2, -0.15) is 0 Å². The number of likely N-dealkylation sites (N-methyl/N-ethyl adjacent to an activating group) is 1. The van der Waals surface area contributed by atoms with Crippen LogP contribution in [0.2, 0.25) is 5.02 Å². The maximum atomic E-state index is 13.1. The molecule has 2 heterocycles. The fourth-order valence-electron chi connectivity index (χ4n) is 5.04. The Kier molecular flexibility index (Phi) is 9.77. The largest absolute Gasteiger partial charge is 0.494 e. The van der Waals surface area contributed by atoms with Crippen LogP contribution in [-0.4, -0.2) is 80.6 Å². The van der Waals surface area contributed by atoms with Crippen LogP contribution in [0.3, 0.4) is 0 Å². The Hall–Kier alpha value is -2.76. The summed E-state index contributed by atoms with van der Waals surface area (Å²) in [5.74, 6) is 1.73. The Morgan fingerprint density at radius 2 is 1.88 bits per heavy atom. The highest BCUT2D eigenvalue weighted by atomic mass is 35.5. The minimum atomic E-state index is -3.69. The molecule has 1 saturated carbocycles. The number of rotatable bonds is 12. The molecule has 0 unspecified atom stereocenters. The van der Waals surface area contributed by atoms with E-state index in [0.29, 0.717) is 35.4 Å². The number of hydrogen-bond donors (Lipinski definition) is 2. The minimum absolute atomic E-state index is 0.0139. The number of piperazine rings is 1. The van der Waals surface area contributed by atoms with E-state index in [-0.39, 0.29) is 10.9 Å². The van der Waals surface area contributed by atoms with Crippen molar-refractivity contribution >= 4 is 33.1 Å². The summed E-state index contributed by atoms with van der Waals surface area (Å²) in [5, 5.41) is 3.44. The van der Waals surface area contributed by atoms with Gasteiger partial charge in [0.25, 0.3) is 0 Å². The average Bonchev–Trinajstić information content (AvgIpc) is 2.94. The number of sulfonamides is 1. The number of benzene rings is 2. The third-order valence-electron chi connectivity index (χ3n) is 7.74. The van der Waals surface area contributed by atoms with Gasteiger partial charge in [-0.25, -0.2) is 23.1 Å². The molecule has 2 aliphatic rings. The van der Waals surface area contributed by atoms with E-state index in [2.05, 4.69) is 55.1 Å². The molecule has 41 heavy (non-hydrogen) atoms. The van der Waals surface area contributed by atoms with Gasteiger partial charge < -0.3 is 19.9 Å². The first-order valence-electron chi connectivity index (χ1n) is 14.4. The fraction of sp³-hybridized carbons (Fsp3) is 0.467. The van der Waals surface area contributed by atoms with Crippen LogP contribution in [0.4, 0.5) is 11.5 Å². The van der Waals surface area contributed by atoms with E-state index in [9.17, 15) is 8.42 Å². The van der Waals surface area contributed by atoms with Crippen LogP contribution < -0.4 is 14.8 Å². The SMILES string of the molecule is CCOc1cc(CCN2CCN(C)CC2)ccc1Cc1ncc(Cl)c(Nc2ccccc2S(=O)(=O)NC2CCC2)n1. The van der Waals surface area contributed by atoms with E-state index in [4.69, 9.17) is 16.3 Å². The van der Waals surface area contributed by atoms with Gasteiger partial charge in [-0.3, -0.25) is 0 Å². The van der Waals surface area contributed by atoms with Crippen molar-refractivity contribution in [2.75, 3.05) is 51.7 Å². The van der Waals surface area contributed by atoms with Gasteiger partial charge in [0.05, 0.1) is 18.5 Å². The number of para-hydroxylation sites is 1. The molecule has 1 aromatic heterocycles. The topological polar surface area (TPSA) is 99.7 Å². The van der Waals surface area contributed by atoms with E-state index in [0.717, 1.165) is 69.7 Å². The third kappa shape index (κ3) is 7.75. The summed E-state index contributed by atoms with van der Waals surface area (Å²) < 4.78 is 35.0. The van der Waals surface area contributed by atoms with Gasteiger partial charge >= 0.3 is 0 Å². The first kappa shape index (κ1) is 29.7. The molecule has 3 aromatic rings. The highest BCUT2D eigenvalue weighted by molar-refractivity contribution is 7.89. The van der Waals surface area contributed by atoms with Crippen LogP contribution in [0.5, 0.6) is 5.75 Å². The van der Waals surface area contributed by atoms with Crippen molar-refractivity contribution in [3.63, 3.8) is 0 Å². The Bertz CT molecular complexity index is 1440. The molecule has 0 amide bonds. The lowest BCUT2D eigenvalue weighted by atomic mass is 9.94. The maximum absolute atomic E-state index is 13.1. The normalized spacial score (nSPS) is 16.9. The average molecular weight is 599 g/mol. The molecule has 1 aliphatic heterocycles. The second-order valence-corrected chi connectivity index (χ2v) is 12.9. The standard InChI is InChI=1S/C30H39ClN6O3S/c1-3-40-27-19-22(13-14-37-17-15-36(2)16-18-37)11-12-23(27)20-29-32-21-25(31)30(34-29)33-26-9-4-5-10-28(26)41(38,39)35-24-7-6-8-24/h4-5,9-12,19,21,24,35H,3,6-8,13-18,20H2,1-2H3,(H,32,33,34). The molecule has 0 spiro atoms. The summed E-state index contributed by atoms with van der Waals surface area (Å²) in [6.45, 7) is 7.99. The lowest BCUT2D eigenvalue weighted by Gasteiger charge is -2.32. The molecule has 0 bridgehead atoms. The van der Waals surface area contributed by atoms with Crippen molar-refractivity contribution in [3.05, 3.63) is 70.6 Å². The second-order valence-electron chi connectivity index (χ2n) is 10.8. The number of ether oxygens (including phenoxy) is 1. The van der Waals surface area contributed by atoms with Crippen LogP contribution in [0.1, 0.15) is 43.1 Å². The summed E-state index contributed by atoms with van der Waals surface area (Å²) in [4.78, 5) is 14.2. The van der Waals surface area contributed by atoms with Gasteiger partial charge in [-0.05, 0) is 57.0 Å². The van der Waals surface area contributed by atoms with E-state index in [1.54, 1.807) is 30.5 Å². The molecule has 2 N–H and O–H groups in total. The van der Waals surface area contributed by atoms with Crippen molar-refractivity contribution < 1.29 is 13.2 Å². The number of aromatic nitrogens is 2. The van der Waals surface area contributed by atoms with Gasteiger partial charge in [0, 0.05) is 50.7 Å². The lowest BCUT2D eigenvalue weighted by molar-refractivity contribution is 0.155. The highest BCUT2D eigenvalue weighted by Gasteiger charge is 2.26. The predicted molar refractivity (Wildman–Crippen MR) is 163 cm³/mol. The summed E-state index contributed by atoms with van der Waals surface area (Å²) in [5.41, 5.74) is 2.63. The second kappa shape index (κ2) is 13.5. The van der Waals surface area contributed by atoms with Crippen molar-refractivity contribution in [3.8, 4) is 5.75 Å². The Balaban J connectivity index is 1.30. The number of hydrogen-bond acceptors (Lipinski definition) is 8. The molecule has 0 atom stereocenters. The molecule has 2 fully saturated rings. The summed E-state index contributed by atoms with van der Waals surface area (Å²) >= 11 is 6.46. The Morgan fingerprint density at radius 3 is 2.61 bits per heavy atom. The quantitative estimate of drug-likeness (QED) is 0.315. The highest BCUT2D eigenvalue weighted by Crippen LogP contribution is 2.30. The Labute approximate surface area is 248 Å². The number of halogens is 1. The minimum Gasteiger partial charge on any atom is -0.494 e. The molecule has 0 radical (unpaired) electrons. The van der Waals surface area contributed by atoms with E-state index >= 15 is 0 Å². The molecule has 220 valence electrons. The molecule has 1 saturated heterocycles. The summed E-state index contributed by atoms with van der Waals surface area (Å²) in [7, 11) is -1.52. The van der Waals surface area contributed by atoms with Gasteiger partial charge in [0.15, 0.2) is 5.82 Å². The molecular weight excluding hydrogens is 560 g/mol. The third-order valence-corrected chi connectivity index (χ3v) is 9.60. The number of anilines is 2. The summed E-state index contributed by atoms with van der Waals surface area (Å²) in [6.07, 6.45) is 5.71. The summed E-state index contributed by atoms with van der Waals surface area (Å²) in [6, 6.07) is 13.1. The van der Waals surface area contributed by atoms with E-state index in [1.165, 1.54) is 5.56 Å². The smallest absolute Gasteiger partial charge is 0.242 e. The molecule has 11 heteroatoms. The predicted octanol–water partition coefficient (Wildman–Crippen LogP) is 4.48. The first-order chi connectivity index (χ1) is 19.8. The van der Waals surface area contributed by atoms with Gasteiger partial charge in [-0.15, -0.1) is 0 Å². The van der Waals surface area contributed by atoms with Gasteiger partial charge in [-0.1, -0.05) is 42.3 Å². The van der Waals surface area contributed by atoms with Crippen LogP contribution in [0.25, 0.3) is 0 Å². The molecule has 1 aliphatic carbocycles. The van der Waals surface area contributed by atoms with E-state index < -0.39 is 10.0 Å². The Morgan fingerprint density at radius 1 is 1.10 bits per heavy atom. The lowest BCUT2D eigenvalue weighted by Crippen LogP contribution is -2.45. The zero-order valence-electron chi connectivity index (χ0n) is 23.8. The van der Waals surface area contributed by atoms with Crippen LogP contribution in [0, 0.1) is 0 Å². The zero-order chi connectivity index (χ0) is 28.8. The van der Waals surface area contributed by atoms with Crippen LogP contribution in [0.15, 0.2) is 53.6 Å². The van der Waals surface area contributed by atoms with E-state index in [1.807, 2.05) is 6.92 Å².